The molecule has 2 aromatic heterocycles. The van der Waals surface area contributed by atoms with Crippen LogP contribution < -0.4 is 4.90 Å². The smallest absolute Gasteiger partial charge is 0.137 e. The molecule has 3 heteroatoms. The van der Waals surface area contributed by atoms with Crippen LogP contribution in [-0.4, -0.2) is 0 Å². The van der Waals surface area contributed by atoms with Gasteiger partial charge in [0, 0.05) is 27.5 Å². The van der Waals surface area contributed by atoms with Crippen molar-refractivity contribution >= 4 is 82.5 Å². The van der Waals surface area contributed by atoms with Gasteiger partial charge in [0.15, 0.2) is 0 Å². The van der Waals surface area contributed by atoms with Gasteiger partial charge in [-0.3, -0.25) is 0 Å². The van der Waals surface area contributed by atoms with Crippen molar-refractivity contribution in [1.29, 1.82) is 0 Å². The molecule has 9 aromatic carbocycles. The average Bonchev–Trinajstić information content (AvgIpc) is 3.78. The van der Waals surface area contributed by atoms with Crippen molar-refractivity contribution in [2.24, 2.45) is 0 Å². The number of nitrogens with zero attached hydrogens (tertiary/aromatic N) is 1. The molecule has 11 aromatic rings. The summed E-state index contributed by atoms with van der Waals surface area (Å²) in [6, 6.07) is 66.9. The molecule has 3 nitrogen and oxygen atoms in total. The molecular weight excluding hydrogens is 647 g/mol. The Balaban J connectivity index is 1.03. The summed E-state index contributed by atoms with van der Waals surface area (Å²) in [6.07, 6.45) is 0. The zero-order valence-electron chi connectivity index (χ0n) is 28.7. The molecule has 0 aliphatic carbocycles. The standard InChI is InChI=1S/C50H31NO2/c1-2-11-40-33(9-1)10-7-14-41(40)34-23-27-39(28-24-34)51(45-15-8-18-48-50(45)43-13-4-6-17-47(43)52-48)38-25-21-32(22-26-38)35-19-20-36-30-44-42-12-3-5-16-46(42)53-49(44)31-37(36)29-35/h1-31H. The van der Waals surface area contributed by atoms with Crippen LogP contribution in [0.2, 0.25) is 0 Å². The fraction of sp³-hybridized carbons (Fsp3) is 0. The Hall–Kier alpha value is -7.10. The van der Waals surface area contributed by atoms with Crippen molar-refractivity contribution in [2.45, 2.75) is 0 Å². The van der Waals surface area contributed by atoms with Gasteiger partial charge in [-0.1, -0.05) is 121 Å². The molecule has 0 N–H and O–H groups in total. The molecule has 53 heavy (non-hydrogen) atoms. The number of furan rings is 2. The Labute approximate surface area is 305 Å². The predicted molar refractivity (Wildman–Crippen MR) is 222 cm³/mol. The topological polar surface area (TPSA) is 29.5 Å². The summed E-state index contributed by atoms with van der Waals surface area (Å²) in [5, 5.41) is 9.34. The quantitative estimate of drug-likeness (QED) is 0.182. The molecule has 0 aliphatic rings. The van der Waals surface area contributed by atoms with Crippen molar-refractivity contribution in [1.82, 2.24) is 0 Å². The van der Waals surface area contributed by atoms with E-state index < -0.39 is 0 Å². The van der Waals surface area contributed by atoms with E-state index in [-0.39, 0.29) is 0 Å². The van der Waals surface area contributed by atoms with Crippen molar-refractivity contribution in [2.75, 3.05) is 4.90 Å². The highest BCUT2D eigenvalue weighted by Gasteiger charge is 2.20. The molecule has 0 atom stereocenters. The van der Waals surface area contributed by atoms with E-state index in [0.29, 0.717) is 0 Å². The normalized spacial score (nSPS) is 11.8. The van der Waals surface area contributed by atoms with Crippen LogP contribution in [0.25, 0.3) is 87.7 Å². The molecule has 0 spiro atoms. The Morgan fingerprint density at radius 1 is 0.321 bits per heavy atom. The first-order valence-corrected chi connectivity index (χ1v) is 18.0. The van der Waals surface area contributed by atoms with Gasteiger partial charge >= 0.3 is 0 Å². The summed E-state index contributed by atoms with van der Waals surface area (Å²) < 4.78 is 12.6. The van der Waals surface area contributed by atoms with E-state index in [9.17, 15) is 0 Å². The first kappa shape index (κ1) is 29.6. The summed E-state index contributed by atoms with van der Waals surface area (Å²) in [7, 11) is 0. The second kappa shape index (κ2) is 11.7. The van der Waals surface area contributed by atoms with Crippen LogP contribution in [0.3, 0.4) is 0 Å². The van der Waals surface area contributed by atoms with Crippen LogP contribution in [0.4, 0.5) is 17.1 Å². The van der Waals surface area contributed by atoms with Gasteiger partial charge in [-0.15, -0.1) is 0 Å². The number of benzene rings is 9. The minimum Gasteiger partial charge on any atom is -0.456 e. The van der Waals surface area contributed by atoms with E-state index in [4.69, 9.17) is 8.83 Å². The summed E-state index contributed by atoms with van der Waals surface area (Å²) in [5.74, 6) is 0. The van der Waals surface area contributed by atoms with E-state index in [1.54, 1.807) is 0 Å². The van der Waals surface area contributed by atoms with Gasteiger partial charge in [0.05, 0.1) is 11.1 Å². The van der Waals surface area contributed by atoms with E-state index in [0.717, 1.165) is 77.5 Å². The Bertz CT molecular complexity index is 3160. The van der Waals surface area contributed by atoms with E-state index in [2.05, 4.69) is 169 Å². The van der Waals surface area contributed by atoms with E-state index in [1.165, 1.54) is 27.3 Å². The van der Waals surface area contributed by atoms with Gasteiger partial charge < -0.3 is 13.7 Å². The third-order valence-corrected chi connectivity index (χ3v) is 10.6. The highest BCUT2D eigenvalue weighted by Crippen LogP contribution is 2.44. The molecule has 0 radical (unpaired) electrons. The largest absolute Gasteiger partial charge is 0.456 e. The maximum absolute atomic E-state index is 6.36. The van der Waals surface area contributed by atoms with Gasteiger partial charge in [-0.05, 0) is 111 Å². The van der Waals surface area contributed by atoms with Crippen LogP contribution in [0, 0.1) is 0 Å². The number of para-hydroxylation sites is 2. The summed E-state index contributed by atoms with van der Waals surface area (Å²) in [5.41, 5.74) is 11.5. The number of rotatable bonds is 5. The van der Waals surface area contributed by atoms with Gasteiger partial charge in [0.25, 0.3) is 0 Å². The second-order valence-electron chi connectivity index (χ2n) is 13.7. The number of anilines is 3. The average molecular weight is 678 g/mol. The molecule has 0 fully saturated rings. The van der Waals surface area contributed by atoms with Crippen LogP contribution >= 0.6 is 0 Å². The molecule has 0 saturated carbocycles. The van der Waals surface area contributed by atoms with Crippen LogP contribution in [0.1, 0.15) is 0 Å². The third-order valence-electron chi connectivity index (χ3n) is 10.6. The summed E-state index contributed by atoms with van der Waals surface area (Å²) in [4.78, 5) is 2.35. The van der Waals surface area contributed by atoms with E-state index >= 15 is 0 Å². The molecular formula is C50H31NO2. The lowest BCUT2D eigenvalue weighted by molar-refractivity contribution is 0.669. The molecule has 0 bridgehead atoms. The lowest BCUT2D eigenvalue weighted by Crippen LogP contribution is -2.10. The minimum absolute atomic E-state index is 0.868. The minimum atomic E-state index is 0.868. The lowest BCUT2D eigenvalue weighted by Gasteiger charge is -2.26. The van der Waals surface area contributed by atoms with Gasteiger partial charge in [0.1, 0.15) is 22.3 Å². The molecule has 0 amide bonds. The molecule has 11 rings (SSSR count). The molecule has 0 unspecified atom stereocenters. The number of fused-ring (bicyclic) bond motifs is 8. The molecule has 248 valence electrons. The molecule has 0 aliphatic heterocycles. The zero-order chi connectivity index (χ0) is 34.9. The predicted octanol–water partition coefficient (Wildman–Crippen LogP) is 14.6. The van der Waals surface area contributed by atoms with Crippen molar-refractivity contribution in [3.63, 3.8) is 0 Å². The Morgan fingerprint density at radius 2 is 0.925 bits per heavy atom. The first-order chi connectivity index (χ1) is 26.2. The van der Waals surface area contributed by atoms with Gasteiger partial charge in [-0.2, -0.15) is 0 Å². The van der Waals surface area contributed by atoms with Gasteiger partial charge in [-0.25, -0.2) is 0 Å². The van der Waals surface area contributed by atoms with Crippen LogP contribution in [-0.2, 0) is 0 Å². The number of hydrogen-bond donors (Lipinski definition) is 0. The fourth-order valence-corrected chi connectivity index (χ4v) is 8.09. The van der Waals surface area contributed by atoms with Crippen LogP contribution in [0.5, 0.6) is 0 Å². The van der Waals surface area contributed by atoms with Crippen molar-refractivity contribution in [3.8, 4) is 22.3 Å². The Kier molecular flexibility index (Phi) is 6.55. The maximum Gasteiger partial charge on any atom is 0.137 e. The third kappa shape index (κ3) is 4.82. The van der Waals surface area contributed by atoms with Gasteiger partial charge in [0.2, 0.25) is 0 Å². The summed E-state index contributed by atoms with van der Waals surface area (Å²) >= 11 is 0. The SMILES string of the molecule is c1ccc2c(-c3ccc(N(c4ccc(-c5ccc6cc7c(cc6c5)oc5ccccc57)cc4)c4cccc5oc6ccccc6c45)cc3)cccc2c1. The maximum atomic E-state index is 6.36. The lowest BCUT2D eigenvalue weighted by atomic mass is 9.97. The number of hydrogen-bond acceptors (Lipinski definition) is 3. The highest BCUT2D eigenvalue weighted by molar-refractivity contribution is 6.14. The zero-order valence-corrected chi connectivity index (χ0v) is 28.7. The fourth-order valence-electron chi connectivity index (χ4n) is 8.09. The monoisotopic (exact) mass is 677 g/mol. The van der Waals surface area contributed by atoms with Crippen LogP contribution in [0.15, 0.2) is 197 Å². The van der Waals surface area contributed by atoms with E-state index in [1.807, 2.05) is 24.3 Å². The second-order valence-corrected chi connectivity index (χ2v) is 13.7. The molecule has 0 saturated heterocycles. The van der Waals surface area contributed by atoms with Crippen molar-refractivity contribution < 1.29 is 8.83 Å². The highest BCUT2D eigenvalue weighted by atomic mass is 16.3. The Morgan fingerprint density at radius 3 is 1.74 bits per heavy atom. The summed E-state index contributed by atoms with van der Waals surface area (Å²) in [6.45, 7) is 0. The first-order valence-electron chi connectivity index (χ1n) is 18.0. The molecule has 2 heterocycles. The van der Waals surface area contributed by atoms with Crippen molar-refractivity contribution in [3.05, 3.63) is 188 Å².